The zero-order chi connectivity index (χ0) is 16.6. The van der Waals surface area contributed by atoms with Crippen molar-refractivity contribution in [1.82, 2.24) is 10.6 Å². The third-order valence-corrected chi connectivity index (χ3v) is 6.57. The number of hydrogen-bond acceptors (Lipinski definition) is 3. The Balaban J connectivity index is 1.20. The van der Waals surface area contributed by atoms with Crippen molar-refractivity contribution >= 4 is 11.8 Å². The molecule has 5 fully saturated rings. The van der Waals surface area contributed by atoms with Crippen LogP contribution in [0.5, 0.6) is 0 Å². The number of rotatable bonds is 6. The number of amides is 2. The Hall–Kier alpha value is -1.10. The third kappa shape index (κ3) is 3.61. The molecule has 5 rings (SSSR count). The highest BCUT2D eigenvalue weighted by Gasteiger charge is 2.51. The van der Waals surface area contributed by atoms with Crippen LogP contribution in [-0.2, 0) is 14.3 Å². The van der Waals surface area contributed by atoms with Crippen molar-refractivity contribution in [3.8, 4) is 0 Å². The molecule has 0 radical (unpaired) electrons. The molecule has 0 unspecified atom stereocenters. The molecule has 24 heavy (non-hydrogen) atoms. The van der Waals surface area contributed by atoms with E-state index in [0.717, 1.165) is 56.5 Å². The maximum atomic E-state index is 12.4. The average Bonchev–Trinajstić information content (AvgIpc) is 3.02. The second-order valence-electron chi connectivity index (χ2n) is 8.69. The van der Waals surface area contributed by atoms with Crippen molar-refractivity contribution in [2.45, 2.75) is 75.9 Å². The first kappa shape index (κ1) is 16.4. The van der Waals surface area contributed by atoms with E-state index in [1.54, 1.807) is 0 Å². The fraction of sp³-hybridized carbons (Fsp3) is 0.895. The average molecular weight is 334 g/mol. The highest BCUT2D eigenvalue weighted by molar-refractivity contribution is 5.84. The van der Waals surface area contributed by atoms with Crippen molar-refractivity contribution in [3.63, 3.8) is 0 Å². The van der Waals surface area contributed by atoms with E-state index in [0.29, 0.717) is 13.0 Å². The molecule has 0 aromatic heterocycles. The molecule has 0 aromatic rings. The van der Waals surface area contributed by atoms with Crippen LogP contribution in [0.1, 0.15) is 64.2 Å². The topological polar surface area (TPSA) is 67.4 Å². The lowest BCUT2D eigenvalue weighted by molar-refractivity contribution is -0.130. The van der Waals surface area contributed by atoms with Gasteiger partial charge >= 0.3 is 0 Å². The van der Waals surface area contributed by atoms with Crippen LogP contribution in [0.2, 0.25) is 0 Å². The predicted octanol–water partition coefficient (Wildman–Crippen LogP) is 2.15. The Labute approximate surface area is 144 Å². The lowest BCUT2D eigenvalue weighted by atomic mass is 9.53. The molecule has 0 aromatic carbocycles. The molecule has 1 aliphatic heterocycles. The summed E-state index contributed by atoms with van der Waals surface area (Å²) in [5.41, 5.74) is 0.0556. The van der Waals surface area contributed by atoms with E-state index < -0.39 is 0 Å². The fourth-order valence-electron chi connectivity index (χ4n) is 5.97. The molecule has 1 saturated heterocycles. The molecule has 2 amide bonds. The van der Waals surface area contributed by atoms with Gasteiger partial charge in [-0.05, 0) is 69.1 Å². The number of ether oxygens (including phenoxy) is 1. The highest BCUT2D eigenvalue weighted by Crippen LogP contribution is 2.55. The van der Waals surface area contributed by atoms with Gasteiger partial charge in [0.25, 0.3) is 0 Å². The first-order valence-corrected chi connectivity index (χ1v) is 9.79. The Bertz CT molecular complexity index is 464. The van der Waals surface area contributed by atoms with Gasteiger partial charge in [-0.25, -0.2) is 0 Å². The van der Waals surface area contributed by atoms with Crippen LogP contribution in [-0.4, -0.2) is 36.6 Å². The second kappa shape index (κ2) is 6.66. The van der Waals surface area contributed by atoms with Crippen LogP contribution in [0.25, 0.3) is 0 Å². The van der Waals surface area contributed by atoms with E-state index >= 15 is 0 Å². The van der Waals surface area contributed by atoms with Crippen LogP contribution in [0.3, 0.4) is 0 Å². The molecule has 5 aliphatic rings. The van der Waals surface area contributed by atoms with Gasteiger partial charge in [-0.1, -0.05) is 0 Å². The van der Waals surface area contributed by atoms with E-state index in [2.05, 4.69) is 10.6 Å². The Morgan fingerprint density at radius 2 is 1.58 bits per heavy atom. The molecule has 2 N–H and O–H groups in total. The van der Waals surface area contributed by atoms with Gasteiger partial charge in [0.2, 0.25) is 11.8 Å². The van der Waals surface area contributed by atoms with Crippen molar-refractivity contribution in [1.29, 1.82) is 0 Å². The maximum Gasteiger partial charge on any atom is 0.220 e. The molecule has 5 nitrogen and oxygen atoms in total. The van der Waals surface area contributed by atoms with Crippen LogP contribution < -0.4 is 10.6 Å². The van der Waals surface area contributed by atoms with Gasteiger partial charge in [0.1, 0.15) is 0 Å². The van der Waals surface area contributed by atoms with Gasteiger partial charge < -0.3 is 15.4 Å². The van der Waals surface area contributed by atoms with E-state index in [1.165, 1.54) is 19.3 Å². The van der Waals surface area contributed by atoms with Crippen molar-refractivity contribution in [3.05, 3.63) is 0 Å². The van der Waals surface area contributed by atoms with Gasteiger partial charge in [-0.15, -0.1) is 0 Å². The molecule has 4 bridgehead atoms. The van der Waals surface area contributed by atoms with Gasteiger partial charge in [-0.3, -0.25) is 9.59 Å². The van der Waals surface area contributed by atoms with Crippen molar-refractivity contribution in [2.24, 2.45) is 17.8 Å². The summed E-state index contributed by atoms with van der Waals surface area (Å²) in [5, 5.41) is 6.23. The lowest BCUT2D eigenvalue weighted by Gasteiger charge is -2.56. The maximum absolute atomic E-state index is 12.4. The molecule has 5 heteroatoms. The zero-order valence-corrected chi connectivity index (χ0v) is 14.5. The molecule has 1 heterocycles. The van der Waals surface area contributed by atoms with Crippen LogP contribution >= 0.6 is 0 Å². The van der Waals surface area contributed by atoms with Crippen LogP contribution in [0, 0.1) is 17.8 Å². The summed E-state index contributed by atoms with van der Waals surface area (Å²) in [4.78, 5) is 24.3. The third-order valence-electron chi connectivity index (χ3n) is 6.57. The SMILES string of the molecule is O=C(CCC(=O)NC12CC3CC(CC(C3)C1)C2)NC[C@@H]1CCCO1. The fourth-order valence-corrected chi connectivity index (χ4v) is 5.97. The molecule has 134 valence electrons. The molecular weight excluding hydrogens is 304 g/mol. The smallest absolute Gasteiger partial charge is 0.220 e. The number of carbonyl (C=O) groups is 2. The minimum Gasteiger partial charge on any atom is -0.376 e. The van der Waals surface area contributed by atoms with E-state index in [-0.39, 0.29) is 29.9 Å². The van der Waals surface area contributed by atoms with Gasteiger partial charge in [0.15, 0.2) is 0 Å². The monoisotopic (exact) mass is 334 g/mol. The van der Waals surface area contributed by atoms with Gasteiger partial charge in [0.05, 0.1) is 6.10 Å². The second-order valence-corrected chi connectivity index (χ2v) is 8.69. The molecule has 0 spiro atoms. The Morgan fingerprint density at radius 3 is 2.17 bits per heavy atom. The summed E-state index contributed by atoms with van der Waals surface area (Å²) in [7, 11) is 0. The van der Waals surface area contributed by atoms with Crippen LogP contribution in [0.15, 0.2) is 0 Å². The van der Waals surface area contributed by atoms with E-state index in [1.807, 2.05) is 0 Å². The van der Waals surface area contributed by atoms with Crippen molar-refractivity contribution < 1.29 is 14.3 Å². The van der Waals surface area contributed by atoms with E-state index in [9.17, 15) is 9.59 Å². The van der Waals surface area contributed by atoms with E-state index in [4.69, 9.17) is 4.74 Å². The summed E-state index contributed by atoms with van der Waals surface area (Å²) in [5.74, 6) is 2.50. The summed E-state index contributed by atoms with van der Waals surface area (Å²) in [6, 6.07) is 0. The summed E-state index contributed by atoms with van der Waals surface area (Å²) in [6.45, 7) is 1.38. The molecular formula is C19H30N2O3. The highest BCUT2D eigenvalue weighted by atomic mass is 16.5. The summed E-state index contributed by atoms with van der Waals surface area (Å²) in [6.07, 6.45) is 10.5. The minimum absolute atomic E-state index is 0.0360. The largest absolute Gasteiger partial charge is 0.376 e. The summed E-state index contributed by atoms with van der Waals surface area (Å²) < 4.78 is 5.49. The Morgan fingerprint density at radius 1 is 0.958 bits per heavy atom. The minimum atomic E-state index is -0.0360. The van der Waals surface area contributed by atoms with Crippen molar-refractivity contribution in [2.75, 3.05) is 13.2 Å². The van der Waals surface area contributed by atoms with Gasteiger partial charge in [0, 0.05) is 31.5 Å². The van der Waals surface area contributed by atoms with Gasteiger partial charge in [-0.2, -0.15) is 0 Å². The first-order chi connectivity index (χ1) is 11.6. The lowest BCUT2D eigenvalue weighted by Crippen LogP contribution is -2.59. The quantitative estimate of drug-likeness (QED) is 0.782. The van der Waals surface area contributed by atoms with Crippen LogP contribution in [0.4, 0.5) is 0 Å². The number of hydrogen-bond donors (Lipinski definition) is 2. The summed E-state index contributed by atoms with van der Waals surface area (Å²) >= 11 is 0. The molecule has 1 atom stereocenters. The standard InChI is InChI=1S/C19H30N2O3/c22-17(20-12-16-2-1-5-24-16)3-4-18(23)21-19-9-13-6-14(10-19)8-15(7-13)11-19/h13-16H,1-12H2,(H,20,22)(H,21,23)/t13?,14?,15?,16-,19?/m0/s1. The Kier molecular flexibility index (Phi) is 4.54. The molecule has 4 saturated carbocycles. The first-order valence-electron chi connectivity index (χ1n) is 9.79. The predicted molar refractivity (Wildman–Crippen MR) is 90.3 cm³/mol. The number of nitrogens with one attached hydrogen (secondary N) is 2. The zero-order valence-electron chi connectivity index (χ0n) is 14.5. The normalized spacial score (nSPS) is 39.8. The number of carbonyl (C=O) groups excluding carboxylic acids is 2. The molecule has 4 aliphatic carbocycles.